The summed E-state index contributed by atoms with van der Waals surface area (Å²) in [6.07, 6.45) is 8.89. The molecule has 0 spiro atoms. The summed E-state index contributed by atoms with van der Waals surface area (Å²) in [6, 6.07) is -0.248. The van der Waals surface area contributed by atoms with Gasteiger partial charge in [0, 0.05) is 13.1 Å². The molecule has 1 aliphatic carbocycles. The van der Waals surface area contributed by atoms with Crippen LogP contribution in [-0.2, 0) is 6.54 Å². The zero-order valence-electron chi connectivity index (χ0n) is 11.2. The molecule has 0 radical (unpaired) electrons. The van der Waals surface area contributed by atoms with Crippen molar-refractivity contribution in [2.75, 3.05) is 11.9 Å². The largest absolute Gasteiger partial charge is 0.338 e. The van der Waals surface area contributed by atoms with E-state index >= 15 is 0 Å². The molecule has 2 N–H and O–H groups in total. The third kappa shape index (κ3) is 4.04. The van der Waals surface area contributed by atoms with Gasteiger partial charge in [-0.05, 0) is 49.0 Å². The quantitative estimate of drug-likeness (QED) is 0.808. The molecule has 2 rings (SSSR count). The van der Waals surface area contributed by atoms with E-state index in [0.717, 1.165) is 25.7 Å². The average molecular weight is 264 g/mol. The summed E-state index contributed by atoms with van der Waals surface area (Å²) in [5.41, 5.74) is 0. The summed E-state index contributed by atoms with van der Waals surface area (Å²) < 4.78 is 1.54. The highest BCUT2D eigenvalue weighted by Crippen LogP contribution is 2.17. The zero-order chi connectivity index (χ0) is 13.5. The van der Waals surface area contributed by atoms with Gasteiger partial charge in [-0.1, -0.05) is 17.3 Å². The number of tetrazole rings is 1. The van der Waals surface area contributed by atoms with Crippen LogP contribution in [0.2, 0.25) is 0 Å². The molecule has 2 amide bonds. The number of anilines is 1. The smallest absolute Gasteiger partial charge is 0.321 e. The van der Waals surface area contributed by atoms with Crippen LogP contribution >= 0.6 is 0 Å². The Morgan fingerprint density at radius 3 is 2.84 bits per heavy atom. The molecular formula is C12H20N6O. The maximum absolute atomic E-state index is 11.8. The van der Waals surface area contributed by atoms with Gasteiger partial charge in [0.2, 0.25) is 0 Å². The molecule has 0 unspecified atom stereocenters. The van der Waals surface area contributed by atoms with Crippen molar-refractivity contribution in [1.29, 1.82) is 0 Å². The molecule has 7 heteroatoms. The first-order chi connectivity index (χ1) is 9.29. The van der Waals surface area contributed by atoms with Crippen molar-refractivity contribution in [2.24, 2.45) is 5.92 Å². The van der Waals surface area contributed by atoms with Gasteiger partial charge in [0.15, 0.2) is 0 Å². The average Bonchev–Trinajstić information content (AvgIpc) is 2.70. The van der Waals surface area contributed by atoms with E-state index in [-0.39, 0.29) is 6.03 Å². The lowest BCUT2D eigenvalue weighted by Crippen LogP contribution is -2.34. The maximum Gasteiger partial charge on any atom is 0.321 e. The summed E-state index contributed by atoms with van der Waals surface area (Å²) in [7, 11) is 0. The maximum atomic E-state index is 11.8. The minimum Gasteiger partial charge on any atom is -0.338 e. The fraction of sp³-hybridized carbons (Fsp3) is 0.667. The highest BCUT2D eigenvalue weighted by molar-refractivity contribution is 5.87. The van der Waals surface area contributed by atoms with Crippen LogP contribution < -0.4 is 10.6 Å². The Balaban J connectivity index is 1.75. The number of allylic oxidation sites excluding steroid dienone is 2. The Bertz CT molecular complexity index is 431. The predicted molar refractivity (Wildman–Crippen MR) is 71.6 cm³/mol. The number of carbonyl (C=O) groups is 1. The van der Waals surface area contributed by atoms with Crippen LogP contribution in [0.4, 0.5) is 10.7 Å². The third-order valence-electron chi connectivity index (χ3n) is 3.26. The van der Waals surface area contributed by atoms with Gasteiger partial charge >= 0.3 is 6.03 Å². The molecule has 0 aliphatic heterocycles. The van der Waals surface area contributed by atoms with Gasteiger partial charge in [-0.25, -0.2) is 9.48 Å². The van der Waals surface area contributed by atoms with Crippen molar-refractivity contribution in [3.63, 3.8) is 0 Å². The Hall–Kier alpha value is -1.92. The number of aromatic nitrogens is 4. The van der Waals surface area contributed by atoms with E-state index in [1.54, 1.807) is 0 Å². The first-order valence-electron chi connectivity index (χ1n) is 6.75. The predicted octanol–water partition coefficient (Wildman–Crippen LogP) is 1.56. The summed E-state index contributed by atoms with van der Waals surface area (Å²) in [5.74, 6) is 0.922. The van der Waals surface area contributed by atoms with E-state index in [4.69, 9.17) is 0 Å². The normalized spacial score (nSPS) is 16.1. The minimum atomic E-state index is -0.248. The number of hydrogen-bond donors (Lipinski definition) is 2. The summed E-state index contributed by atoms with van der Waals surface area (Å²) >= 11 is 0. The van der Waals surface area contributed by atoms with Gasteiger partial charge in [-0.15, -0.1) is 0 Å². The molecule has 19 heavy (non-hydrogen) atoms. The molecule has 0 fully saturated rings. The highest BCUT2D eigenvalue weighted by atomic mass is 16.2. The lowest BCUT2D eigenvalue weighted by atomic mass is 10.0. The van der Waals surface area contributed by atoms with Crippen LogP contribution in [0.1, 0.15) is 32.6 Å². The number of hydrogen-bond acceptors (Lipinski definition) is 4. The second kappa shape index (κ2) is 6.86. The SMILES string of the molecule is CCn1nnnc1NC(=O)NCC1CCC=CCC1. The first kappa shape index (κ1) is 13.5. The minimum absolute atomic E-state index is 0.248. The third-order valence-corrected chi connectivity index (χ3v) is 3.26. The van der Waals surface area contributed by atoms with Crippen LogP contribution in [0.25, 0.3) is 0 Å². The molecule has 0 saturated heterocycles. The summed E-state index contributed by atoms with van der Waals surface area (Å²) in [5, 5.41) is 16.6. The van der Waals surface area contributed by atoms with E-state index in [1.165, 1.54) is 4.68 Å². The van der Waals surface area contributed by atoms with Gasteiger partial charge in [-0.2, -0.15) is 0 Å². The second-order valence-corrected chi connectivity index (χ2v) is 4.65. The number of aryl methyl sites for hydroxylation is 1. The van der Waals surface area contributed by atoms with Crippen LogP contribution in [0.3, 0.4) is 0 Å². The number of nitrogens with one attached hydrogen (secondary N) is 2. The van der Waals surface area contributed by atoms with E-state index < -0.39 is 0 Å². The van der Waals surface area contributed by atoms with Crippen molar-refractivity contribution < 1.29 is 4.79 Å². The molecule has 1 aliphatic rings. The molecule has 0 bridgehead atoms. The molecule has 0 saturated carbocycles. The van der Waals surface area contributed by atoms with Crippen molar-refractivity contribution in [1.82, 2.24) is 25.5 Å². The van der Waals surface area contributed by atoms with Crippen molar-refractivity contribution >= 4 is 12.0 Å². The molecule has 1 aromatic rings. The molecule has 0 atom stereocenters. The monoisotopic (exact) mass is 264 g/mol. The highest BCUT2D eigenvalue weighted by Gasteiger charge is 2.13. The number of amides is 2. The van der Waals surface area contributed by atoms with Crippen LogP contribution in [0, 0.1) is 5.92 Å². The fourth-order valence-corrected chi connectivity index (χ4v) is 2.14. The van der Waals surface area contributed by atoms with Crippen LogP contribution in [-0.4, -0.2) is 32.8 Å². The van der Waals surface area contributed by atoms with E-state index in [1.807, 2.05) is 6.92 Å². The van der Waals surface area contributed by atoms with Crippen molar-refractivity contribution in [3.05, 3.63) is 12.2 Å². The van der Waals surface area contributed by atoms with Crippen molar-refractivity contribution in [3.8, 4) is 0 Å². The van der Waals surface area contributed by atoms with Gasteiger partial charge < -0.3 is 5.32 Å². The number of rotatable bonds is 4. The topological polar surface area (TPSA) is 84.7 Å². The van der Waals surface area contributed by atoms with Crippen LogP contribution in [0.15, 0.2) is 12.2 Å². The molecule has 0 aromatic carbocycles. The van der Waals surface area contributed by atoms with E-state index in [9.17, 15) is 4.79 Å². The summed E-state index contributed by atoms with van der Waals surface area (Å²) in [6.45, 7) is 3.23. The van der Waals surface area contributed by atoms with Gasteiger partial charge in [-0.3, -0.25) is 5.32 Å². The Labute approximate surface area is 112 Å². The lowest BCUT2D eigenvalue weighted by molar-refractivity contribution is 0.249. The summed E-state index contributed by atoms with van der Waals surface area (Å²) in [4.78, 5) is 11.8. The number of urea groups is 1. The molecule has 7 nitrogen and oxygen atoms in total. The lowest BCUT2D eigenvalue weighted by Gasteiger charge is -2.14. The van der Waals surface area contributed by atoms with Gasteiger partial charge in [0.1, 0.15) is 0 Å². The Morgan fingerprint density at radius 1 is 1.42 bits per heavy atom. The van der Waals surface area contributed by atoms with E-state index in [2.05, 4.69) is 38.3 Å². The van der Waals surface area contributed by atoms with Gasteiger partial charge in [0.05, 0.1) is 0 Å². The molecule has 1 aromatic heterocycles. The molecule has 1 heterocycles. The molecular weight excluding hydrogens is 244 g/mol. The van der Waals surface area contributed by atoms with Crippen LogP contribution in [0.5, 0.6) is 0 Å². The Kier molecular flexibility index (Phi) is 4.88. The second-order valence-electron chi connectivity index (χ2n) is 4.65. The Morgan fingerprint density at radius 2 is 2.16 bits per heavy atom. The number of nitrogens with zero attached hydrogens (tertiary/aromatic N) is 4. The fourth-order valence-electron chi connectivity index (χ4n) is 2.14. The standard InChI is InChI=1S/C12H20N6O/c1-2-18-11(15-16-17-18)14-12(19)13-9-10-7-5-3-4-6-8-10/h3-4,10H,2,5-9H2,1H3,(H2,13,14,15,17,19). The van der Waals surface area contributed by atoms with Gasteiger partial charge in [0.25, 0.3) is 5.95 Å². The molecule has 104 valence electrons. The zero-order valence-corrected chi connectivity index (χ0v) is 11.2. The van der Waals surface area contributed by atoms with E-state index in [0.29, 0.717) is 25.0 Å². The number of carbonyl (C=O) groups excluding carboxylic acids is 1. The first-order valence-corrected chi connectivity index (χ1v) is 6.75. The van der Waals surface area contributed by atoms with Crippen molar-refractivity contribution in [2.45, 2.75) is 39.2 Å².